The van der Waals surface area contributed by atoms with Gasteiger partial charge in [0.15, 0.2) is 5.82 Å². The Labute approximate surface area is 142 Å². The number of ether oxygens (including phenoxy) is 2. The second kappa shape index (κ2) is 11.3. The molecule has 0 fully saturated rings. The van der Waals surface area contributed by atoms with E-state index in [0.717, 1.165) is 24.5 Å². The van der Waals surface area contributed by atoms with Gasteiger partial charge in [0.25, 0.3) is 0 Å². The molecular formula is C13H21N3O5S2. The van der Waals surface area contributed by atoms with Gasteiger partial charge in [0.2, 0.25) is 0 Å². The molecule has 0 saturated heterocycles. The van der Waals surface area contributed by atoms with E-state index in [4.69, 9.17) is 9.47 Å². The Bertz CT molecular complexity index is 510. The van der Waals surface area contributed by atoms with Crippen LogP contribution in [0.2, 0.25) is 0 Å². The van der Waals surface area contributed by atoms with Crippen molar-refractivity contribution < 1.29 is 19.2 Å². The van der Waals surface area contributed by atoms with Crippen LogP contribution in [0.3, 0.4) is 0 Å². The Morgan fingerprint density at radius 2 is 2.13 bits per heavy atom. The number of carbonyl (C=O) groups is 1. The molecule has 8 nitrogen and oxygen atoms in total. The first kappa shape index (κ1) is 19.8. The number of nitrogens with zero attached hydrogens (tertiary/aromatic N) is 3. The molecule has 0 bridgehead atoms. The summed E-state index contributed by atoms with van der Waals surface area (Å²) in [5, 5.41) is 10.8. The first-order valence-corrected chi connectivity index (χ1v) is 9.60. The lowest BCUT2D eigenvalue weighted by Gasteiger charge is -2.05. The SMILES string of the molecule is COCCSSCCCC(=O)OCCn1c([N+](=O)[O-])cnc1C. The average molecular weight is 363 g/mol. The predicted octanol–water partition coefficient (Wildman–Crippen LogP) is 2.45. The summed E-state index contributed by atoms with van der Waals surface area (Å²) in [4.78, 5) is 25.8. The van der Waals surface area contributed by atoms with Gasteiger partial charge in [-0.3, -0.25) is 4.79 Å². The lowest BCUT2D eigenvalue weighted by Crippen LogP contribution is -2.13. The number of aromatic nitrogens is 2. The first-order chi connectivity index (χ1) is 11.1. The van der Waals surface area contributed by atoms with E-state index in [-0.39, 0.29) is 24.9 Å². The highest BCUT2D eigenvalue weighted by Crippen LogP contribution is 2.22. The fraction of sp³-hybridized carbons (Fsp3) is 0.692. The second-order valence-electron chi connectivity index (χ2n) is 4.53. The molecule has 0 radical (unpaired) electrons. The Kier molecular flexibility index (Phi) is 9.72. The Morgan fingerprint density at radius 3 is 2.83 bits per heavy atom. The molecule has 0 spiro atoms. The van der Waals surface area contributed by atoms with Gasteiger partial charge in [-0.1, -0.05) is 21.6 Å². The van der Waals surface area contributed by atoms with Crippen LogP contribution >= 0.6 is 21.6 Å². The van der Waals surface area contributed by atoms with E-state index in [1.54, 1.807) is 35.6 Å². The summed E-state index contributed by atoms with van der Waals surface area (Å²) in [6, 6.07) is 0. The molecule has 0 atom stereocenters. The van der Waals surface area contributed by atoms with Crippen LogP contribution in [0.15, 0.2) is 6.20 Å². The number of esters is 1. The van der Waals surface area contributed by atoms with Crippen molar-refractivity contribution in [2.45, 2.75) is 26.3 Å². The number of carbonyl (C=O) groups excluding carboxylic acids is 1. The van der Waals surface area contributed by atoms with Crippen LogP contribution in [-0.4, -0.2) is 52.3 Å². The normalized spacial score (nSPS) is 10.7. The Hall–Kier alpha value is -1.26. The number of hydrogen-bond acceptors (Lipinski definition) is 8. The van der Waals surface area contributed by atoms with Crippen molar-refractivity contribution in [1.29, 1.82) is 0 Å². The summed E-state index contributed by atoms with van der Waals surface area (Å²) in [6.07, 6.45) is 2.30. The number of rotatable bonds is 12. The molecule has 0 aliphatic carbocycles. The number of methoxy groups -OCH3 is 1. The minimum atomic E-state index is -0.500. The zero-order chi connectivity index (χ0) is 17.1. The number of imidazole rings is 1. The minimum Gasteiger partial charge on any atom is -0.461 e. The summed E-state index contributed by atoms with van der Waals surface area (Å²) >= 11 is 0. The fourth-order valence-electron chi connectivity index (χ4n) is 1.71. The van der Waals surface area contributed by atoms with E-state index in [1.807, 2.05) is 0 Å². The topological polar surface area (TPSA) is 96.5 Å². The van der Waals surface area contributed by atoms with Crippen LogP contribution in [0, 0.1) is 17.0 Å². The van der Waals surface area contributed by atoms with Crippen LogP contribution in [0.4, 0.5) is 5.82 Å². The van der Waals surface area contributed by atoms with Crippen molar-refractivity contribution >= 4 is 33.4 Å². The highest BCUT2D eigenvalue weighted by atomic mass is 33.1. The van der Waals surface area contributed by atoms with Crippen LogP contribution in [0.5, 0.6) is 0 Å². The highest BCUT2D eigenvalue weighted by Gasteiger charge is 2.17. The van der Waals surface area contributed by atoms with Crippen molar-refractivity contribution in [1.82, 2.24) is 9.55 Å². The molecule has 1 heterocycles. The van der Waals surface area contributed by atoms with Gasteiger partial charge in [0.05, 0.1) is 6.61 Å². The molecule has 0 aliphatic rings. The quantitative estimate of drug-likeness (QED) is 0.184. The molecular weight excluding hydrogens is 342 g/mol. The summed E-state index contributed by atoms with van der Waals surface area (Å²) in [5.74, 6) is 1.94. The Balaban J connectivity index is 2.15. The molecule has 0 aliphatic heterocycles. The van der Waals surface area contributed by atoms with Gasteiger partial charge in [0, 0.05) is 32.0 Å². The van der Waals surface area contributed by atoms with Gasteiger partial charge in [-0.15, -0.1) is 0 Å². The Morgan fingerprint density at radius 1 is 1.39 bits per heavy atom. The third-order valence-electron chi connectivity index (χ3n) is 2.86. The summed E-state index contributed by atoms with van der Waals surface area (Å²) < 4.78 is 11.5. The second-order valence-corrected chi connectivity index (χ2v) is 7.24. The molecule has 10 heteroatoms. The smallest absolute Gasteiger partial charge is 0.342 e. The van der Waals surface area contributed by atoms with E-state index in [0.29, 0.717) is 12.2 Å². The van der Waals surface area contributed by atoms with Gasteiger partial charge >= 0.3 is 11.8 Å². The van der Waals surface area contributed by atoms with Gasteiger partial charge in [-0.05, 0) is 11.3 Å². The number of aryl methyl sites for hydroxylation is 1. The van der Waals surface area contributed by atoms with Crippen LogP contribution in [-0.2, 0) is 20.8 Å². The highest BCUT2D eigenvalue weighted by molar-refractivity contribution is 8.76. The maximum atomic E-state index is 11.6. The molecule has 1 rings (SSSR count). The standard InChI is InChI=1S/C13H21N3O5S2/c1-11-14-10-12(16(18)19)15(11)5-6-21-13(17)4-3-8-22-23-9-7-20-2/h10H,3-9H2,1-2H3. The van der Waals surface area contributed by atoms with Crippen LogP contribution < -0.4 is 0 Å². The monoisotopic (exact) mass is 363 g/mol. The van der Waals surface area contributed by atoms with Crippen LogP contribution in [0.1, 0.15) is 18.7 Å². The summed E-state index contributed by atoms with van der Waals surface area (Å²) in [6.45, 7) is 2.73. The molecule has 0 aromatic carbocycles. The molecule has 0 N–H and O–H groups in total. The molecule has 1 aromatic rings. The summed E-state index contributed by atoms with van der Waals surface area (Å²) in [5.41, 5.74) is 0. The maximum Gasteiger partial charge on any atom is 0.342 e. The van der Waals surface area contributed by atoms with E-state index in [1.165, 1.54) is 10.8 Å². The van der Waals surface area contributed by atoms with Gasteiger partial charge in [-0.2, -0.15) is 0 Å². The molecule has 23 heavy (non-hydrogen) atoms. The largest absolute Gasteiger partial charge is 0.461 e. The van der Waals surface area contributed by atoms with Crippen molar-refractivity contribution in [2.24, 2.45) is 0 Å². The first-order valence-electron chi connectivity index (χ1n) is 7.11. The van der Waals surface area contributed by atoms with Crippen molar-refractivity contribution in [3.05, 3.63) is 22.1 Å². The molecule has 0 unspecified atom stereocenters. The third-order valence-corrected chi connectivity index (χ3v) is 5.32. The lowest BCUT2D eigenvalue weighted by atomic mass is 10.3. The van der Waals surface area contributed by atoms with Crippen LogP contribution in [0.25, 0.3) is 0 Å². The molecule has 1 aromatic heterocycles. The number of hydrogen-bond donors (Lipinski definition) is 0. The van der Waals surface area contributed by atoms with Crippen molar-refractivity contribution in [2.75, 3.05) is 31.8 Å². The van der Waals surface area contributed by atoms with E-state index < -0.39 is 4.92 Å². The van der Waals surface area contributed by atoms with E-state index >= 15 is 0 Å². The fourth-order valence-corrected chi connectivity index (χ4v) is 3.71. The van der Waals surface area contributed by atoms with Crippen molar-refractivity contribution in [3.8, 4) is 0 Å². The molecule has 130 valence electrons. The lowest BCUT2D eigenvalue weighted by molar-refractivity contribution is -0.392. The predicted molar refractivity (Wildman–Crippen MR) is 90.6 cm³/mol. The van der Waals surface area contributed by atoms with E-state index in [9.17, 15) is 14.9 Å². The molecule has 0 saturated carbocycles. The van der Waals surface area contributed by atoms with E-state index in [2.05, 4.69) is 4.98 Å². The van der Waals surface area contributed by atoms with Crippen molar-refractivity contribution in [3.63, 3.8) is 0 Å². The zero-order valence-corrected chi connectivity index (χ0v) is 14.9. The average Bonchev–Trinajstić information content (AvgIpc) is 2.88. The van der Waals surface area contributed by atoms with Gasteiger partial charge in [0.1, 0.15) is 19.3 Å². The maximum absolute atomic E-state index is 11.6. The summed E-state index contributed by atoms with van der Waals surface area (Å²) in [7, 11) is 5.09. The van der Waals surface area contributed by atoms with Gasteiger partial charge in [-0.25, -0.2) is 9.55 Å². The minimum absolute atomic E-state index is 0.0944. The van der Waals surface area contributed by atoms with Gasteiger partial charge < -0.3 is 19.6 Å². The number of nitro groups is 1. The zero-order valence-electron chi connectivity index (χ0n) is 13.2. The molecule has 0 amide bonds. The third kappa shape index (κ3) is 7.71.